The van der Waals surface area contributed by atoms with Gasteiger partial charge in [0.2, 0.25) is 5.82 Å². The summed E-state index contributed by atoms with van der Waals surface area (Å²) in [5.41, 5.74) is 0.355. The summed E-state index contributed by atoms with van der Waals surface area (Å²) in [6.45, 7) is 4.27. The third-order valence-corrected chi connectivity index (χ3v) is 8.11. The van der Waals surface area contributed by atoms with E-state index in [9.17, 15) is 27.1 Å². The van der Waals surface area contributed by atoms with E-state index in [0.717, 1.165) is 0 Å². The van der Waals surface area contributed by atoms with Gasteiger partial charge in [0.1, 0.15) is 24.4 Å². The Morgan fingerprint density at radius 3 is 2.47 bits per heavy atom. The standard InChI is InChI=1S/C27H26F5N2O2/c1-3-14-12-34(13-19-22(28)24(30)26(32)25(31)23(19)29)9-7-15(14)10-21(34)27(35)17-6-8-33-20-5-4-16(36-2)11-18(17)20/h3-6,8,11,14-15,21,27,35H,1,7,9-10,12-13H2,2H3/q+1/t14?,15?,21-,27+,34?/m0/s1. The molecule has 2 bridgehead atoms. The maximum absolute atomic E-state index is 14.8. The van der Waals surface area contributed by atoms with Gasteiger partial charge < -0.3 is 14.3 Å². The second-order valence-electron chi connectivity index (χ2n) is 9.81. The van der Waals surface area contributed by atoms with Crippen LogP contribution in [0.2, 0.25) is 0 Å². The molecule has 3 saturated heterocycles. The molecule has 3 unspecified atom stereocenters. The van der Waals surface area contributed by atoms with Crippen LogP contribution >= 0.6 is 0 Å². The van der Waals surface area contributed by atoms with Crippen LogP contribution < -0.4 is 4.74 Å². The van der Waals surface area contributed by atoms with E-state index in [1.807, 2.05) is 0 Å². The van der Waals surface area contributed by atoms with Crippen molar-refractivity contribution >= 4 is 10.9 Å². The molecule has 3 aliphatic heterocycles. The molecule has 3 aliphatic rings. The Labute approximate surface area is 205 Å². The molecule has 9 heteroatoms. The Morgan fingerprint density at radius 2 is 1.81 bits per heavy atom. The first-order chi connectivity index (χ1) is 17.2. The first-order valence-corrected chi connectivity index (χ1v) is 11.8. The number of aliphatic hydroxyl groups is 1. The number of hydrogen-bond donors (Lipinski definition) is 1. The molecular formula is C27H26F5N2O2+. The van der Waals surface area contributed by atoms with Gasteiger partial charge in [-0.1, -0.05) is 6.08 Å². The van der Waals surface area contributed by atoms with Crippen molar-refractivity contribution in [3.8, 4) is 5.75 Å². The average molecular weight is 506 g/mol. The van der Waals surface area contributed by atoms with Gasteiger partial charge >= 0.3 is 0 Å². The van der Waals surface area contributed by atoms with E-state index < -0.39 is 53.3 Å². The molecule has 1 N–H and O–H groups in total. The molecular weight excluding hydrogens is 479 g/mol. The highest BCUT2D eigenvalue weighted by molar-refractivity contribution is 5.83. The van der Waals surface area contributed by atoms with Gasteiger partial charge in [-0.3, -0.25) is 4.98 Å². The molecule has 4 nitrogen and oxygen atoms in total. The van der Waals surface area contributed by atoms with Gasteiger partial charge in [0.05, 0.1) is 31.3 Å². The monoisotopic (exact) mass is 505 g/mol. The summed E-state index contributed by atoms with van der Waals surface area (Å²) in [6, 6.07) is 6.44. The van der Waals surface area contributed by atoms with Crippen LogP contribution in [0.4, 0.5) is 22.0 Å². The maximum atomic E-state index is 14.8. The lowest BCUT2D eigenvalue weighted by atomic mass is 9.71. The van der Waals surface area contributed by atoms with Gasteiger partial charge in [-0.25, -0.2) is 22.0 Å². The molecule has 190 valence electrons. The number of fused-ring (bicyclic) bond motifs is 4. The van der Waals surface area contributed by atoms with Crippen LogP contribution in [0.3, 0.4) is 0 Å². The number of hydrogen-bond acceptors (Lipinski definition) is 3. The fourth-order valence-electron chi connectivity index (χ4n) is 6.22. The van der Waals surface area contributed by atoms with Crippen molar-refractivity contribution in [2.24, 2.45) is 11.8 Å². The summed E-state index contributed by atoms with van der Waals surface area (Å²) >= 11 is 0. The van der Waals surface area contributed by atoms with E-state index in [4.69, 9.17) is 4.74 Å². The second-order valence-corrected chi connectivity index (χ2v) is 9.81. The molecule has 0 aliphatic carbocycles. The fraction of sp³-hybridized carbons (Fsp3) is 0.370. The number of rotatable bonds is 6. The van der Waals surface area contributed by atoms with Crippen LogP contribution in [-0.4, -0.2) is 40.8 Å². The highest BCUT2D eigenvalue weighted by atomic mass is 19.2. The number of quaternary nitrogens is 1. The Hall–Kier alpha value is -3.04. The third kappa shape index (κ3) is 3.76. The Bertz CT molecular complexity index is 1320. The van der Waals surface area contributed by atoms with E-state index in [1.165, 1.54) is 7.11 Å². The molecule has 4 heterocycles. The lowest BCUT2D eigenvalue weighted by Gasteiger charge is -2.58. The van der Waals surface area contributed by atoms with Crippen molar-refractivity contribution in [3.63, 3.8) is 0 Å². The second kappa shape index (κ2) is 9.12. The molecule has 1 aromatic heterocycles. The number of halogens is 5. The summed E-state index contributed by atoms with van der Waals surface area (Å²) in [5, 5.41) is 12.4. The van der Waals surface area contributed by atoms with E-state index in [-0.39, 0.29) is 16.3 Å². The molecule has 0 amide bonds. The Kier molecular flexibility index (Phi) is 6.24. The summed E-state index contributed by atoms with van der Waals surface area (Å²) < 4.78 is 76.7. The van der Waals surface area contributed by atoms with Gasteiger partial charge in [-0.15, -0.1) is 6.58 Å². The number of aliphatic hydroxyl groups excluding tert-OH is 1. The Morgan fingerprint density at radius 1 is 1.11 bits per heavy atom. The molecule has 0 saturated carbocycles. The molecule has 6 rings (SSSR count). The summed E-state index contributed by atoms with van der Waals surface area (Å²) in [7, 11) is 1.53. The highest BCUT2D eigenvalue weighted by Gasteiger charge is 2.54. The zero-order valence-electron chi connectivity index (χ0n) is 19.7. The topological polar surface area (TPSA) is 42.4 Å². The fourth-order valence-corrected chi connectivity index (χ4v) is 6.22. The van der Waals surface area contributed by atoms with Crippen molar-refractivity contribution in [1.82, 2.24) is 4.98 Å². The predicted molar refractivity (Wildman–Crippen MR) is 123 cm³/mol. The quantitative estimate of drug-likeness (QED) is 0.156. The number of piperidine rings is 3. The summed E-state index contributed by atoms with van der Waals surface area (Å²) in [6.07, 6.45) is 3.49. The van der Waals surface area contributed by atoms with Gasteiger partial charge in [0.25, 0.3) is 0 Å². The van der Waals surface area contributed by atoms with Gasteiger partial charge in [0.15, 0.2) is 23.3 Å². The number of ether oxygens (including phenoxy) is 1. The minimum atomic E-state index is -2.18. The van der Waals surface area contributed by atoms with Crippen LogP contribution in [0.5, 0.6) is 5.75 Å². The summed E-state index contributed by atoms with van der Waals surface area (Å²) in [4.78, 5) is 4.35. The average Bonchev–Trinajstić information content (AvgIpc) is 2.92. The van der Waals surface area contributed by atoms with E-state index >= 15 is 0 Å². The van der Waals surface area contributed by atoms with Crippen LogP contribution in [0.15, 0.2) is 43.1 Å². The number of benzene rings is 2. The smallest absolute Gasteiger partial charge is 0.200 e. The van der Waals surface area contributed by atoms with Gasteiger partial charge in [-0.05, 0) is 35.7 Å². The van der Waals surface area contributed by atoms with Gasteiger partial charge in [-0.2, -0.15) is 0 Å². The van der Waals surface area contributed by atoms with Crippen LogP contribution in [0.1, 0.15) is 30.1 Å². The van der Waals surface area contributed by atoms with Crippen molar-refractivity contribution in [1.29, 1.82) is 0 Å². The zero-order valence-corrected chi connectivity index (χ0v) is 19.7. The van der Waals surface area contributed by atoms with Crippen molar-refractivity contribution < 1.29 is 36.3 Å². The first kappa shape index (κ1) is 24.6. The number of aromatic nitrogens is 1. The maximum Gasteiger partial charge on any atom is 0.200 e. The molecule has 2 aromatic carbocycles. The van der Waals surface area contributed by atoms with Crippen LogP contribution in [0, 0.1) is 40.9 Å². The lowest BCUT2D eigenvalue weighted by molar-refractivity contribution is -0.985. The summed E-state index contributed by atoms with van der Waals surface area (Å²) in [5.74, 6) is -8.98. The Balaban J connectivity index is 1.62. The van der Waals surface area contributed by atoms with Gasteiger partial charge in [0, 0.05) is 30.3 Å². The number of nitrogens with zero attached hydrogens (tertiary/aromatic N) is 2. The largest absolute Gasteiger partial charge is 0.497 e. The molecule has 0 spiro atoms. The molecule has 0 radical (unpaired) electrons. The number of pyridine rings is 1. The van der Waals surface area contributed by atoms with E-state index in [2.05, 4.69) is 11.6 Å². The highest BCUT2D eigenvalue weighted by Crippen LogP contribution is 2.48. The zero-order chi connectivity index (χ0) is 25.8. The molecule has 36 heavy (non-hydrogen) atoms. The first-order valence-electron chi connectivity index (χ1n) is 11.8. The molecule has 3 fully saturated rings. The SMILES string of the molecule is C=CC1C[N+]2(Cc3c(F)c(F)c(F)c(F)c3F)CCC1C[C@H]2[C@H](O)c1ccnc2ccc(OC)cc12. The third-order valence-electron chi connectivity index (χ3n) is 8.11. The minimum Gasteiger partial charge on any atom is -0.497 e. The van der Waals surface area contributed by atoms with Crippen LogP contribution in [0.25, 0.3) is 10.9 Å². The van der Waals surface area contributed by atoms with Crippen LogP contribution in [-0.2, 0) is 6.54 Å². The molecule has 3 aromatic rings. The lowest BCUT2D eigenvalue weighted by Crippen LogP contribution is -2.67. The predicted octanol–water partition coefficient (Wildman–Crippen LogP) is 5.58. The van der Waals surface area contributed by atoms with E-state index in [1.54, 1.807) is 36.5 Å². The molecule has 5 atom stereocenters. The number of methoxy groups -OCH3 is 1. The van der Waals surface area contributed by atoms with Crippen molar-refractivity contribution in [2.75, 3.05) is 20.2 Å². The van der Waals surface area contributed by atoms with E-state index in [0.29, 0.717) is 48.1 Å². The van der Waals surface area contributed by atoms with Crippen molar-refractivity contribution in [3.05, 3.63) is 83.3 Å². The van der Waals surface area contributed by atoms with Crippen molar-refractivity contribution in [2.45, 2.75) is 31.5 Å². The minimum absolute atomic E-state index is 0.00209. The normalized spacial score (nSPS) is 26.2.